The summed E-state index contributed by atoms with van der Waals surface area (Å²) >= 11 is 0. The Labute approximate surface area is 107 Å². The van der Waals surface area contributed by atoms with Crippen LogP contribution in [0.1, 0.15) is 26.0 Å². The Morgan fingerprint density at radius 1 is 1.61 bits per heavy atom. The van der Waals surface area contributed by atoms with Crippen LogP contribution in [0.2, 0.25) is 0 Å². The van der Waals surface area contributed by atoms with Crippen LogP contribution < -0.4 is 10.6 Å². The van der Waals surface area contributed by atoms with Gasteiger partial charge >= 0.3 is 0 Å². The van der Waals surface area contributed by atoms with Gasteiger partial charge in [0.05, 0.1) is 25.0 Å². The summed E-state index contributed by atoms with van der Waals surface area (Å²) in [5, 5.41) is 6.13. The topological polar surface area (TPSA) is 63.5 Å². The van der Waals surface area contributed by atoms with Gasteiger partial charge in [0, 0.05) is 12.6 Å². The minimum Gasteiger partial charge on any atom is -0.467 e. The van der Waals surface area contributed by atoms with Gasteiger partial charge in [-0.05, 0) is 32.4 Å². The van der Waals surface area contributed by atoms with Crippen molar-refractivity contribution >= 4 is 5.91 Å². The van der Waals surface area contributed by atoms with E-state index in [1.54, 1.807) is 12.3 Å². The van der Waals surface area contributed by atoms with Crippen molar-refractivity contribution in [1.82, 2.24) is 10.6 Å². The number of hydrogen-bond acceptors (Lipinski definition) is 4. The van der Waals surface area contributed by atoms with Crippen LogP contribution in [0.3, 0.4) is 0 Å². The van der Waals surface area contributed by atoms with E-state index in [2.05, 4.69) is 10.6 Å². The number of amides is 1. The van der Waals surface area contributed by atoms with E-state index in [0.29, 0.717) is 6.54 Å². The summed E-state index contributed by atoms with van der Waals surface area (Å²) in [5.74, 6) is 0.735. The molecule has 1 amide bonds. The zero-order valence-corrected chi connectivity index (χ0v) is 10.8. The van der Waals surface area contributed by atoms with E-state index >= 15 is 0 Å². The Hall–Kier alpha value is -1.33. The van der Waals surface area contributed by atoms with Crippen LogP contribution in [0.5, 0.6) is 0 Å². The number of nitrogens with one attached hydrogen (secondary N) is 2. The zero-order valence-electron chi connectivity index (χ0n) is 10.8. The Balaban J connectivity index is 1.74. The van der Waals surface area contributed by atoms with Gasteiger partial charge in [-0.2, -0.15) is 0 Å². The largest absolute Gasteiger partial charge is 0.467 e. The van der Waals surface area contributed by atoms with Crippen LogP contribution in [-0.4, -0.2) is 30.7 Å². The van der Waals surface area contributed by atoms with E-state index in [-0.39, 0.29) is 24.1 Å². The molecule has 0 aromatic carbocycles. The molecule has 0 radical (unpaired) electrons. The van der Waals surface area contributed by atoms with Crippen LogP contribution in [0.15, 0.2) is 22.8 Å². The molecule has 0 saturated carbocycles. The third-order valence-electron chi connectivity index (χ3n) is 3.25. The SMILES string of the molecule is CC(NC1CCOC1C)C(=O)NCc1ccco1. The Bertz CT molecular complexity index is 378. The molecule has 0 spiro atoms. The van der Waals surface area contributed by atoms with Gasteiger partial charge in [-0.3, -0.25) is 4.79 Å². The van der Waals surface area contributed by atoms with Gasteiger partial charge in [0.1, 0.15) is 5.76 Å². The van der Waals surface area contributed by atoms with Crippen molar-refractivity contribution in [2.75, 3.05) is 6.61 Å². The lowest BCUT2D eigenvalue weighted by Gasteiger charge is -2.21. The molecule has 1 aliphatic rings. The van der Waals surface area contributed by atoms with E-state index in [1.807, 2.05) is 19.9 Å². The lowest BCUT2D eigenvalue weighted by atomic mass is 10.1. The van der Waals surface area contributed by atoms with Crippen LogP contribution in [-0.2, 0) is 16.1 Å². The molecule has 3 atom stereocenters. The summed E-state index contributed by atoms with van der Waals surface area (Å²) in [6.45, 7) is 5.08. The highest BCUT2D eigenvalue weighted by Gasteiger charge is 2.27. The monoisotopic (exact) mass is 252 g/mol. The first-order chi connectivity index (χ1) is 8.66. The van der Waals surface area contributed by atoms with E-state index < -0.39 is 0 Å². The third kappa shape index (κ3) is 3.34. The van der Waals surface area contributed by atoms with E-state index in [0.717, 1.165) is 18.8 Å². The second-order valence-electron chi connectivity index (χ2n) is 4.66. The molecule has 0 bridgehead atoms. The van der Waals surface area contributed by atoms with Crippen molar-refractivity contribution in [3.63, 3.8) is 0 Å². The molecule has 1 fully saturated rings. The minimum absolute atomic E-state index is 0.0227. The molecule has 100 valence electrons. The van der Waals surface area contributed by atoms with Crippen LogP contribution in [0.25, 0.3) is 0 Å². The Morgan fingerprint density at radius 3 is 3.06 bits per heavy atom. The molecular weight excluding hydrogens is 232 g/mol. The average Bonchev–Trinajstić information content (AvgIpc) is 2.99. The Kier molecular flexibility index (Phi) is 4.38. The van der Waals surface area contributed by atoms with Crippen LogP contribution >= 0.6 is 0 Å². The smallest absolute Gasteiger partial charge is 0.237 e. The van der Waals surface area contributed by atoms with Crippen molar-refractivity contribution in [1.29, 1.82) is 0 Å². The molecule has 3 unspecified atom stereocenters. The first-order valence-electron chi connectivity index (χ1n) is 6.34. The fourth-order valence-electron chi connectivity index (χ4n) is 2.09. The molecule has 18 heavy (non-hydrogen) atoms. The fraction of sp³-hybridized carbons (Fsp3) is 0.615. The molecule has 1 aromatic rings. The van der Waals surface area contributed by atoms with Crippen molar-refractivity contribution in [3.8, 4) is 0 Å². The highest BCUT2D eigenvalue weighted by atomic mass is 16.5. The van der Waals surface area contributed by atoms with Crippen molar-refractivity contribution in [2.45, 2.75) is 45.0 Å². The third-order valence-corrected chi connectivity index (χ3v) is 3.25. The first kappa shape index (κ1) is 13.1. The molecule has 1 aliphatic heterocycles. The molecule has 2 N–H and O–H groups in total. The normalized spacial score (nSPS) is 25.0. The van der Waals surface area contributed by atoms with E-state index in [9.17, 15) is 4.79 Å². The maximum atomic E-state index is 11.9. The predicted molar refractivity (Wildman–Crippen MR) is 67.0 cm³/mol. The number of carbonyl (C=O) groups is 1. The van der Waals surface area contributed by atoms with Gasteiger partial charge in [0.25, 0.3) is 0 Å². The van der Waals surface area contributed by atoms with Crippen LogP contribution in [0, 0.1) is 0 Å². The average molecular weight is 252 g/mol. The van der Waals surface area contributed by atoms with Gasteiger partial charge in [-0.1, -0.05) is 0 Å². The summed E-state index contributed by atoms with van der Waals surface area (Å²) < 4.78 is 10.6. The molecule has 1 aromatic heterocycles. The van der Waals surface area contributed by atoms with Crippen molar-refractivity contribution in [2.24, 2.45) is 0 Å². The zero-order chi connectivity index (χ0) is 13.0. The molecule has 5 nitrogen and oxygen atoms in total. The van der Waals surface area contributed by atoms with Gasteiger partial charge in [0.15, 0.2) is 0 Å². The summed E-state index contributed by atoms with van der Waals surface area (Å²) in [7, 11) is 0. The quantitative estimate of drug-likeness (QED) is 0.822. The van der Waals surface area contributed by atoms with Gasteiger partial charge in [-0.15, -0.1) is 0 Å². The Morgan fingerprint density at radius 2 is 2.44 bits per heavy atom. The van der Waals surface area contributed by atoms with Crippen molar-refractivity contribution in [3.05, 3.63) is 24.2 Å². The fourth-order valence-corrected chi connectivity index (χ4v) is 2.09. The summed E-state index contributed by atoms with van der Waals surface area (Å²) in [5.41, 5.74) is 0. The summed E-state index contributed by atoms with van der Waals surface area (Å²) in [6.07, 6.45) is 2.72. The second-order valence-corrected chi connectivity index (χ2v) is 4.66. The van der Waals surface area contributed by atoms with Crippen LogP contribution in [0.4, 0.5) is 0 Å². The summed E-state index contributed by atoms with van der Waals surface area (Å²) in [4.78, 5) is 11.9. The first-order valence-corrected chi connectivity index (χ1v) is 6.34. The number of carbonyl (C=O) groups excluding carboxylic acids is 1. The number of rotatable bonds is 5. The molecule has 2 heterocycles. The maximum Gasteiger partial charge on any atom is 0.237 e. The number of hydrogen-bond donors (Lipinski definition) is 2. The summed E-state index contributed by atoms with van der Waals surface area (Å²) in [6, 6.07) is 3.68. The minimum atomic E-state index is -0.228. The number of ether oxygens (including phenoxy) is 1. The molecule has 0 aliphatic carbocycles. The molecular formula is C13H20N2O3. The standard InChI is InChI=1S/C13H20N2O3/c1-9(15-12-5-7-17-10(12)2)13(16)14-8-11-4-3-6-18-11/h3-4,6,9-10,12,15H,5,7-8H2,1-2H3,(H,14,16). The predicted octanol–water partition coefficient (Wildman–Crippen LogP) is 1.05. The van der Waals surface area contributed by atoms with E-state index in [4.69, 9.17) is 9.15 Å². The molecule has 1 saturated heterocycles. The highest BCUT2D eigenvalue weighted by molar-refractivity contribution is 5.81. The number of furan rings is 1. The van der Waals surface area contributed by atoms with Gasteiger partial charge in [-0.25, -0.2) is 0 Å². The molecule has 5 heteroatoms. The lowest BCUT2D eigenvalue weighted by molar-refractivity contribution is -0.123. The van der Waals surface area contributed by atoms with Crippen molar-refractivity contribution < 1.29 is 13.9 Å². The second kappa shape index (κ2) is 6.02. The van der Waals surface area contributed by atoms with E-state index in [1.165, 1.54) is 0 Å². The lowest BCUT2D eigenvalue weighted by Crippen LogP contribution is -2.48. The van der Waals surface area contributed by atoms with Gasteiger partial charge < -0.3 is 19.8 Å². The maximum absolute atomic E-state index is 11.9. The van der Waals surface area contributed by atoms with Gasteiger partial charge in [0.2, 0.25) is 5.91 Å². The molecule has 2 rings (SSSR count). The highest BCUT2D eigenvalue weighted by Crippen LogP contribution is 2.13.